The Morgan fingerprint density at radius 1 is 0.850 bits per heavy atom. The largest absolute Gasteiger partial charge is 0.299 e. The minimum absolute atomic E-state index is 0.202. The Balaban J connectivity index is 1.95. The van der Waals surface area contributed by atoms with Gasteiger partial charge in [-0.05, 0) is 24.1 Å². The number of hydrogen-bond donors (Lipinski definition) is 0. The van der Waals surface area contributed by atoms with Gasteiger partial charge in [0, 0.05) is 6.42 Å². The van der Waals surface area contributed by atoms with E-state index in [9.17, 15) is 13.2 Å². The summed E-state index contributed by atoms with van der Waals surface area (Å²) >= 11 is 0. The van der Waals surface area contributed by atoms with Crippen LogP contribution in [0.2, 0.25) is 0 Å². The van der Waals surface area contributed by atoms with Crippen LogP contribution in [0.15, 0.2) is 65.6 Å². The highest BCUT2D eigenvalue weighted by Gasteiger charge is 2.18. The number of ketones is 1. The number of Topliss-reactive ketones (excluding diaryl/α,β-unsaturated/α-hetero) is 1. The fourth-order valence-corrected chi connectivity index (χ4v) is 3.23. The Morgan fingerprint density at radius 2 is 1.40 bits per heavy atom. The quantitative estimate of drug-likeness (QED) is 0.821. The highest BCUT2D eigenvalue weighted by molar-refractivity contribution is 7.92. The van der Waals surface area contributed by atoms with Crippen LogP contribution in [0.3, 0.4) is 0 Å². The van der Waals surface area contributed by atoms with Gasteiger partial charge in [-0.15, -0.1) is 0 Å². The van der Waals surface area contributed by atoms with Crippen molar-refractivity contribution < 1.29 is 13.2 Å². The smallest absolute Gasteiger partial charge is 0.185 e. The summed E-state index contributed by atoms with van der Waals surface area (Å²) in [4.78, 5) is 12.0. The van der Waals surface area contributed by atoms with Crippen LogP contribution in [0.25, 0.3) is 0 Å². The number of hydrogen-bond acceptors (Lipinski definition) is 3. The molecule has 0 unspecified atom stereocenters. The lowest BCUT2D eigenvalue weighted by Crippen LogP contribution is -2.16. The molecule has 3 nitrogen and oxygen atoms in total. The molecule has 0 aliphatic carbocycles. The zero-order valence-electron chi connectivity index (χ0n) is 11.0. The van der Waals surface area contributed by atoms with Crippen molar-refractivity contribution in [2.24, 2.45) is 0 Å². The molecular formula is C16H16O3S. The van der Waals surface area contributed by atoms with Gasteiger partial charge in [0.2, 0.25) is 0 Å². The Kier molecular flexibility index (Phi) is 4.69. The van der Waals surface area contributed by atoms with Crippen LogP contribution < -0.4 is 0 Å². The van der Waals surface area contributed by atoms with E-state index >= 15 is 0 Å². The average Bonchev–Trinajstić information content (AvgIpc) is 2.47. The first-order valence-corrected chi connectivity index (χ1v) is 8.06. The summed E-state index contributed by atoms with van der Waals surface area (Å²) < 4.78 is 24.1. The van der Waals surface area contributed by atoms with E-state index in [1.165, 1.54) is 12.1 Å². The molecule has 0 radical (unpaired) electrons. The number of benzene rings is 2. The van der Waals surface area contributed by atoms with Crippen molar-refractivity contribution in [2.75, 3.05) is 5.75 Å². The monoisotopic (exact) mass is 288 g/mol. The van der Waals surface area contributed by atoms with E-state index in [0.717, 1.165) is 5.56 Å². The maximum absolute atomic E-state index is 12.0. The molecule has 104 valence electrons. The zero-order chi connectivity index (χ0) is 14.4. The van der Waals surface area contributed by atoms with Gasteiger partial charge in [0.15, 0.2) is 9.84 Å². The van der Waals surface area contributed by atoms with E-state index in [2.05, 4.69) is 0 Å². The van der Waals surface area contributed by atoms with Crippen molar-refractivity contribution in [1.29, 1.82) is 0 Å². The predicted molar refractivity (Wildman–Crippen MR) is 78.3 cm³/mol. The molecule has 0 amide bonds. The van der Waals surface area contributed by atoms with Gasteiger partial charge in [-0.1, -0.05) is 48.5 Å². The average molecular weight is 288 g/mol. The molecule has 0 bridgehead atoms. The first kappa shape index (κ1) is 14.5. The van der Waals surface area contributed by atoms with Crippen molar-refractivity contribution in [2.45, 2.75) is 17.7 Å². The summed E-state index contributed by atoms with van der Waals surface area (Å²) in [5.74, 6) is -0.679. The van der Waals surface area contributed by atoms with Crippen LogP contribution in [0, 0.1) is 0 Å². The molecule has 0 atom stereocenters. The maximum atomic E-state index is 12.0. The number of rotatable bonds is 6. The van der Waals surface area contributed by atoms with Gasteiger partial charge in [-0.25, -0.2) is 8.42 Å². The molecule has 0 saturated heterocycles. The second kappa shape index (κ2) is 6.48. The van der Waals surface area contributed by atoms with Crippen molar-refractivity contribution >= 4 is 15.6 Å². The highest BCUT2D eigenvalue weighted by Crippen LogP contribution is 2.11. The standard InChI is InChI=1S/C16H16O3S/c17-15(12-11-14-7-3-1-4-8-14)13-20(18,19)16-9-5-2-6-10-16/h1-10H,11-13H2. The third-order valence-electron chi connectivity index (χ3n) is 2.99. The Hall–Kier alpha value is -1.94. The van der Waals surface area contributed by atoms with Crippen molar-refractivity contribution in [3.63, 3.8) is 0 Å². The molecule has 0 aliphatic heterocycles. The zero-order valence-corrected chi connectivity index (χ0v) is 11.8. The van der Waals surface area contributed by atoms with Crippen LogP contribution in [-0.2, 0) is 21.1 Å². The summed E-state index contributed by atoms with van der Waals surface area (Å²) in [6.45, 7) is 0. The van der Waals surface area contributed by atoms with Gasteiger partial charge < -0.3 is 0 Å². The van der Waals surface area contributed by atoms with E-state index in [1.807, 2.05) is 30.3 Å². The number of sulfone groups is 1. The summed E-state index contributed by atoms with van der Waals surface area (Å²) in [5, 5.41) is 0. The SMILES string of the molecule is O=C(CCc1ccccc1)CS(=O)(=O)c1ccccc1. The van der Waals surface area contributed by atoms with Crippen LogP contribution in [0.5, 0.6) is 0 Å². The van der Waals surface area contributed by atoms with Gasteiger partial charge in [-0.3, -0.25) is 4.79 Å². The minimum atomic E-state index is -3.51. The molecule has 0 heterocycles. The second-order valence-electron chi connectivity index (χ2n) is 4.60. The molecule has 2 aromatic carbocycles. The fourth-order valence-electron chi connectivity index (χ4n) is 1.92. The summed E-state index contributed by atoms with van der Waals surface area (Å²) in [6.07, 6.45) is 0.820. The Bertz CT molecular complexity index is 661. The lowest BCUT2D eigenvalue weighted by atomic mass is 10.1. The van der Waals surface area contributed by atoms with Crippen LogP contribution in [0.1, 0.15) is 12.0 Å². The van der Waals surface area contributed by atoms with Crippen molar-refractivity contribution in [3.8, 4) is 0 Å². The molecule has 20 heavy (non-hydrogen) atoms. The highest BCUT2D eigenvalue weighted by atomic mass is 32.2. The lowest BCUT2D eigenvalue weighted by Gasteiger charge is -2.04. The Labute approximate surface area is 119 Å². The van der Waals surface area contributed by atoms with Crippen molar-refractivity contribution in [3.05, 3.63) is 66.2 Å². The number of aryl methyl sites for hydroxylation is 1. The van der Waals surface area contributed by atoms with E-state index < -0.39 is 15.6 Å². The molecule has 2 rings (SSSR count). The fraction of sp³-hybridized carbons (Fsp3) is 0.188. The second-order valence-corrected chi connectivity index (χ2v) is 6.59. The third kappa shape index (κ3) is 4.03. The minimum Gasteiger partial charge on any atom is -0.299 e. The predicted octanol–water partition coefficient (Wildman–Crippen LogP) is 2.66. The van der Waals surface area contributed by atoms with Gasteiger partial charge in [-0.2, -0.15) is 0 Å². The molecule has 0 spiro atoms. The molecular weight excluding hydrogens is 272 g/mol. The molecule has 0 aliphatic rings. The molecule has 2 aromatic rings. The number of carbonyl (C=O) groups excluding carboxylic acids is 1. The Morgan fingerprint density at radius 3 is 2.00 bits per heavy atom. The van der Waals surface area contributed by atoms with Crippen LogP contribution in [0.4, 0.5) is 0 Å². The van der Waals surface area contributed by atoms with Crippen LogP contribution >= 0.6 is 0 Å². The molecule has 0 saturated carbocycles. The lowest BCUT2D eigenvalue weighted by molar-refractivity contribution is -0.116. The van der Waals surface area contributed by atoms with E-state index in [0.29, 0.717) is 6.42 Å². The van der Waals surface area contributed by atoms with E-state index in [-0.39, 0.29) is 17.1 Å². The van der Waals surface area contributed by atoms with Crippen molar-refractivity contribution in [1.82, 2.24) is 0 Å². The normalized spacial score (nSPS) is 11.2. The molecule has 0 N–H and O–H groups in total. The maximum Gasteiger partial charge on any atom is 0.185 e. The first-order valence-electron chi connectivity index (χ1n) is 6.41. The van der Waals surface area contributed by atoms with Gasteiger partial charge >= 0.3 is 0 Å². The number of carbonyl (C=O) groups is 1. The third-order valence-corrected chi connectivity index (χ3v) is 4.68. The van der Waals surface area contributed by atoms with Gasteiger partial charge in [0.25, 0.3) is 0 Å². The topological polar surface area (TPSA) is 51.2 Å². The first-order chi connectivity index (χ1) is 9.58. The summed E-state index contributed by atoms with van der Waals surface area (Å²) in [5.41, 5.74) is 1.04. The van der Waals surface area contributed by atoms with E-state index in [4.69, 9.17) is 0 Å². The van der Waals surface area contributed by atoms with E-state index in [1.54, 1.807) is 18.2 Å². The molecule has 4 heteroatoms. The molecule has 0 aromatic heterocycles. The summed E-state index contributed by atoms with van der Waals surface area (Å²) in [6, 6.07) is 17.7. The molecule has 0 fully saturated rings. The van der Waals surface area contributed by atoms with Gasteiger partial charge in [0.1, 0.15) is 11.5 Å². The van der Waals surface area contributed by atoms with Crippen LogP contribution in [-0.4, -0.2) is 20.0 Å². The summed E-state index contributed by atoms with van der Waals surface area (Å²) in [7, 11) is -3.51. The van der Waals surface area contributed by atoms with Gasteiger partial charge in [0.05, 0.1) is 4.90 Å².